The molecule has 1 aromatic carbocycles. The summed E-state index contributed by atoms with van der Waals surface area (Å²) in [5.41, 5.74) is 0.567. The van der Waals surface area contributed by atoms with Crippen molar-refractivity contribution in [2.24, 2.45) is 5.92 Å². The quantitative estimate of drug-likeness (QED) is 0.723. The van der Waals surface area contributed by atoms with Gasteiger partial charge in [0.1, 0.15) is 6.04 Å². The molecule has 2 N–H and O–H groups in total. The first kappa shape index (κ1) is 20.7. The minimum Gasteiger partial charge on any atom is -0.323 e. The molecule has 9 nitrogen and oxygen atoms in total. The monoisotopic (exact) mass is 449 g/mol. The van der Waals surface area contributed by atoms with Gasteiger partial charge in [0.05, 0.1) is 6.26 Å². The van der Waals surface area contributed by atoms with Crippen LogP contribution in [-0.2, 0) is 14.8 Å². The fraction of sp³-hybridized carbons (Fsp3) is 0.474. The van der Waals surface area contributed by atoms with E-state index in [9.17, 15) is 18.0 Å². The van der Waals surface area contributed by atoms with Gasteiger partial charge in [-0.25, -0.2) is 8.42 Å². The van der Waals surface area contributed by atoms with E-state index in [1.807, 2.05) is 18.2 Å². The number of amides is 2. The van der Waals surface area contributed by atoms with Crippen molar-refractivity contribution in [3.8, 4) is 0 Å². The van der Waals surface area contributed by atoms with Crippen LogP contribution in [0.4, 0.5) is 10.3 Å². The highest BCUT2D eigenvalue weighted by molar-refractivity contribution is 7.92. The number of hydrogen-bond acceptors (Lipinski definition) is 7. The number of likely N-dealkylation sites (tertiary alicyclic amines) is 1. The first-order chi connectivity index (χ1) is 14.3. The Kier molecular flexibility index (Phi) is 5.74. The molecule has 1 saturated carbocycles. The van der Waals surface area contributed by atoms with Crippen LogP contribution in [0.5, 0.6) is 0 Å². The first-order valence-electron chi connectivity index (χ1n) is 9.82. The highest BCUT2D eigenvalue weighted by Gasteiger charge is 2.47. The standard InChI is InChI=1S/C19H23N5O4S2/c1-30(27,28)23-19-22-21-18(29-19)20-16(25)15-11-13-9-5-6-10-14(13)24(15)17(26)12-7-3-2-4-8-12/h2-4,7-8,13-15H,5-6,9-11H2,1H3,(H,22,23)(H,20,21,25). The summed E-state index contributed by atoms with van der Waals surface area (Å²) in [6, 6.07) is 8.47. The smallest absolute Gasteiger partial charge is 0.254 e. The summed E-state index contributed by atoms with van der Waals surface area (Å²) < 4.78 is 24.9. The van der Waals surface area contributed by atoms with E-state index in [2.05, 4.69) is 20.2 Å². The number of aromatic nitrogens is 2. The zero-order valence-corrected chi connectivity index (χ0v) is 18.1. The first-order valence-corrected chi connectivity index (χ1v) is 12.5. The van der Waals surface area contributed by atoms with Crippen molar-refractivity contribution in [2.75, 3.05) is 16.3 Å². The van der Waals surface area contributed by atoms with Gasteiger partial charge in [-0.2, -0.15) is 0 Å². The van der Waals surface area contributed by atoms with Crippen molar-refractivity contribution >= 4 is 43.4 Å². The summed E-state index contributed by atoms with van der Waals surface area (Å²) >= 11 is 0.930. The van der Waals surface area contributed by atoms with Gasteiger partial charge in [-0.05, 0) is 37.3 Å². The van der Waals surface area contributed by atoms with Crippen LogP contribution in [0.3, 0.4) is 0 Å². The Morgan fingerprint density at radius 3 is 2.53 bits per heavy atom. The third-order valence-electron chi connectivity index (χ3n) is 5.57. The van der Waals surface area contributed by atoms with Crippen LogP contribution in [0.25, 0.3) is 0 Å². The third-order valence-corrected chi connectivity index (χ3v) is 7.02. The largest absolute Gasteiger partial charge is 0.323 e. The summed E-state index contributed by atoms with van der Waals surface area (Å²) in [6.45, 7) is 0. The zero-order valence-electron chi connectivity index (χ0n) is 16.4. The number of fused-ring (bicyclic) bond motifs is 1. The molecule has 2 aliphatic rings. The van der Waals surface area contributed by atoms with Crippen LogP contribution in [0.2, 0.25) is 0 Å². The Hall–Kier alpha value is -2.53. The summed E-state index contributed by atoms with van der Waals surface area (Å²) in [4.78, 5) is 28.1. The molecule has 2 heterocycles. The number of benzene rings is 1. The van der Waals surface area contributed by atoms with Gasteiger partial charge in [-0.15, -0.1) is 10.2 Å². The van der Waals surface area contributed by atoms with E-state index in [1.54, 1.807) is 17.0 Å². The van der Waals surface area contributed by atoms with Crippen molar-refractivity contribution in [1.29, 1.82) is 0 Å². The highest BCUT2D eigenvalue weighted by atomic mass is 32.2. The normalized spacial score (nSPS) is 23.6. The number of rotatable bonds is 5. The van der Waals surface area contributed by atoms with Gasteiger partial charge >= 0.3 is 0 Å². The molecular weight excluding hydrogens is 426 g/mol. The number of sulfonamides is 1. The maximum absolute atomic E-state index is 13.3. The maximum atomic E-state index is 13.3. The van der Waals surface area contributed by atoms with Crippen LogP contribution in [0.1, 0.15) is 42.5 Å². The molecular formula is C19H23N5O4S2. The number of carbonyl (C=O) groups excluding carboxylic acids is 2. The molecule has 2 amide bonds. The maximum Gasteiger partial charge on any atom is 0.254 e. The molecule has 0 bridgehead atoms. The molecule has 11 heteroatoms. The Labute approximate surface area is 178 Å². The lowest BCUT2D eigenvalue weighted by Gasteiger charge is -2.33. The van der Waals surface area contributed by atoms with Crippen LogP contribution in [0.15, 0.2) is 30.3 Å². The van der Waals surface area contributed by atoms with Gasteiger partial charge in [0, 0.05) is 11.6 Å². The average Bonchev–Trinajstić information content (AvgIpc) is 3.31. The summed E-state index contributed by atoms with van der Waals surface area (Å²) in [7, 11) is -3.48. The molecule has 160 valence electrons. The van der Waals surface area contributed by atoms with E-state index >= 15 is 0 Å². The molecule has 2 fully saturated rings. The van der Waals surface area contributed by atoms with E-state index in [1.165, 1.54) is 0 Å². The topological polar surface area (TPSA) is 121 Å². The highest BCUT2D eigenvalue weighted by Crippen LogP contribution is 2.41. The van der Waals surface area contributed by atoms with E-state index < -0.39 is 16.1 Å². The predicted molar refractivity (Wildman–Crippen MR) is 114 cm³/mol. The molecule has 1 aliphatic carbocycles. The molecule has 2 aromatic rings. The molecule has 3 unspecified atom stereocenters. The molecule has 30 heavy (non-hydrogen) atoms. The molecule has 1 aliphatic heterocycles. The van der Waals surface area contributed by atoms with Crippen molar-refractivity contribution in [1.82, 2.24) is 15.1 Å². The molecule has 1 saturated heterocycles. The van der Waals surface area contributed by atoms with E-state index in [0.717, 1.165) is 43.3 Å². The lowest BCUT2D eigenvalue weighted by atomic mass is 9.84. The summed E-state index contributed by atoms with van der Waals surface area (Å²) in [5, 5.41) is 10.6. The van der Waals surface area contributed by atoms with E-state index in [0.29, 0.717) is 17.9 Å². The van der Waals surface area contributed by atoms with E-state index in [-0.39, 0.29) is 28.1 Å². The number of nitrogens with zero attached hydrogens (tertiary/aromatic N) is 3. The van der Waals surface area contributed by atoms with Gasteiger partial charge in [0.2, 0.25) is 26.2 Å². The number of nitrogens with one attached hydrogen (secondary N) is 2. The van der Waals surface area contributed by atoms with Gasteiger partial charge in [-0.3, -0.25) is 19.6 Å². The average molecular weight is 450 g/mol. The van der Waals surface area contributed by atoms with Crippen molar-refractivity contribution in [2.45, 2.75) is 44.2 Å². The number of hydrogen-bond donors (Lipinski definition) is 2. The minimum absolute atomic E-state index is 0.0547. The Morgan fingerprint density at radius 1 is 1.10 bits per heavy atom. The van der Waals surface area contributed by atoms with E-state index in [4.69, 9.17) is 0 Å². The predicted octanol–water partition coefficient (Wildman–Crippen LogP) is 2.32. The van der Waals surface area contributed by atoms with Crippen LogP contribution >= 0.6 is 11.3 Å². The fourth-order valence-corrected chi connectivity index (χ4v) is 5.86. The van der Waals surface area contributed by atoms with Crippen molar-refractivity contribution < 1.29 is 18.0 Å². The second-order valence-corrected chi connectivity index (χ2v) is 10.4. The van der Waals surface area contributed by atoms with Gasteiger partial charge < -0.3 is 4.90 Å². The summed E-state index contributed by atoms with van der Waals surface area (Å²) in [6.07, 6.45) is 5.69. The third kappa shape index (κ3) is 4.46. The molecule has 1 aromatic heterocycles. The Morgan fingerprint density at radius 2 is 1.80 bits per heavy atom. The summed E-state index contributed by atoms with van der Waals surface area (Å²) in [5.74, 6) is -0.156. The number of carbonyl (C=O) groups is 2. The lowest BCUT2D eigenvalue weighted by molar-refractivity contribution is -0.120. The zero-order chi connectivity index (χ0) is 21.3. The van der Waals surface area contributed by atoms with Crippen LogP contribution in [-0.4, -0.2) is 53.7 Å². The van der Waals surface area contributed by atoms with Crippen LogP contribution in [0, 0.1) is 5.92 Å². The minimum atomic E-state index is -3.48. The molecule has 0 radical (unpaired) electrons. The SMILES string of the molecule is CS(=O)(=O)Nc1nnc(NC(=O)C2CC3CCCCC3N2C(=O)c2ccccc2)s1. The molecule has 3 atom stereocenters. The van der Waals surface area contributed by atoms with Crippen molar-refractivity contribution in [3.63, 3.8) is 0 Å². The lowest BCUT2D eigenvalue weighted by Crippen LogP contribution is -2.47. The number of anilines is 2. The molecule has 4 rings (SSSR count). The van der Waals surface area contributed by atoms with Gasteiger partial charge in [0.25, 0.3) is 5.91 Å². The molecule has 0 spiro atoms. The van der Waals surface area contributed by atoms with Crippen molar-refractivity contribution in [3.05, 3.63) is 35.9 Å². The van der Waals surface area contributed by atoms with Gasteiger partial charge in [-0.1, -0.05) is 42.4 Å². The van der Waals surface area contributed by atoms with Gasteiger partial charge in [0.15, 0.2) is 0 Å². The second-order valence-electron chi connectivity index (χ2n) is 7.72. The van der Waals surface area contributed by atoms with Crippen LogP contribution < -0.4 is 10.0 Å². The Balaban J connectivity index is 1.54. The second kappa shape index (κ2) is 8.31. The Bertz CT molecular complexity index is 1040. The fourth-order valence-electron chi connectivity index (χ4n) is 4.38.